The number of carbonyl (C=O) groups is 1. The van der Waals surface area contributed by atoms with Gasteiger partial charge in [-0.1, -0.05) is 37.2 Å². The van der Waals surface area contributed by atoms with Crippen molar-refractivity contribution in [3.8, 4) is 27.9 Å². The van der Waals surface area contributed by atoms with Gasteiger partial charge in [0.05, 0.1) is 11.1 Å². The molecule has 1 N–H and O–H groups in total. The fraction of sp³-hybridized carbons (Fsp3) is 0.273. The Kier molecular flexibility index (Phi) is 7.91. The van der Waals surface area contributed by atoms with Gasteiger partial charge in [0, 0.05) is 22.2 Å². The Bertz CT molecular complexity index is 1080. The molecule has 3 aromatic rings. The predicted octanol–water partition coefficient (Wildman–Crippen LogP) is 6.33. The number of pyridine rings is 1. The van der Waals surface area contributed by atoms with Crippen LogP contribution in [0.15, 0.2) is 40.9 Å². The number of aromatic carboxylic acids is 1. The minimum absolute atomic E-state index is 0.230. The largest absolute Gasteiger partial charge is 0.478 e. The fourth-order valence-corrected chi connectivity index (χ4v) is 5.77. The van der Waals surface area contributed by atoms with Gasteiger partial charge in [-0.15, -0.1) is 11.3 Å². The highest BCUT2D eigenvalue weighted by molar-refractivity contribution is 8.15. The topological polar surface area (TPSA) is 86.9 Å². The maximum absolute atomic E-state index is 11.6. The quantitative estimate of drug-likeness (QED) is 0.229. The van der Waals surface area contributed by atoms with Gasteiger partial charge in [-0.25, -0.2) is 14.8 Å². The summed E-state index contributed by atoms with van der Waals surface area (Å²) in [6, 6.07) is 9.30. The van der Waals surface area contributed by atoms with E-state index >= 15 is 0 Å². The molecule has 1 aromatic carbocycles. The summed E-state index contributed by atoms with van der Waals surface area (Å²) in [4.78, 5) is 20.7. The SMILES string of the molecule is CCCCSCSc1nc(-c2nccs2)cc(-c2cccc(C(=O)O)c2C)c1C#N. The lowest BCUT2D eigenvalue weighted by Crippen LogP contribution is -2.02. The van der Waals surface area contributed by atoms with Crippen LogP contribution in [0.1, 0.15) is 41.3 Å². The summed E-state index contributed by atoms with van der Waals surface area (Å²) < 4.78 is 0. The monoisotopic (exact) mass is 455 g/mol. The predicted molar refractivity (Wildman–Crippen MR) is 125 cm³/mol. The normalized spacial score (nSPS) is 10.7. The number of aromatic nitrogens is 2. The van der Waals surface area contributed by atoms with Crippen molar-refractivity contribution in [2.24, 2.45) is 0 Å². The third-order valence-electron chi connectivity index (χ3n) is 4.53. The van der Waals surface area contributed by atoms with Gasteiger partial charge in [0.2, 0.25) is 0 Å². The number of benzene rings is 1. The summed E-state index contributed by atoms with van der Waals surface area (Å²) in [6.07, 6.45) is 4.04. The molecule has 0 radical (unpaired) electrons. The Balaban J connectivity index is 2.11. The molecule has 0 atom stereocenters. The molecule has 0 unspecified atom stereocenters. The summed E-state index contributed by atoms with van der Waals surface area (Å²) >= 11 is 4.86. The van der Waals surface area contributed by atoms with Crippen molar-refractivity contribution >= 4 is 40.8 Å². The Labute approximate surface area is 188 Å². The highest BCUT2D eigenvalue weighted by Crippen LogP contribution is 2.37. The molecule has 0 aliphatic rings. The molecule has 30 heavy (non-hydrogen) atoms. The van der Waals surface area contributed by atoms with E-state index in [1.165, 1.54) is 11.3 Å². The van der Waals surface area contributed by atoms with Crippen LogP contribution in [0.5, 0.6) is 0 Å². The van der Waals surface area contributed by atoms with E-state index in [-0.39, 0.29) is 5.56 Å². The number of hydrogen-bond donors (Lipinski definition) is 1. The molecule has 5 nitrogen and oxygen atoms in total. The maximum Gasteiger partial charge on any atom is 0.335 e. The lowest BCUT2D eigenvalue weighted by Gasteiger charge is -2.14. The van der Waals surface area contributed by atoms with Crippen LogP contribution < -0.4 is 0 Å². The fourth-order valence-electron chi connectivity index (χ4n) is 2.97. The molecule has 0 amide bonds. The van der Waals surface area contributed by atoms with E-state index in [4.69, 9.17) is 4.98 Å². The number of thiazole rings is 1. The lowest BCUT2D eigenvalue weighted by molar-refractivity contribution is 0.0696. The molecule has 0 bridgehead atoms. The van der Waals surface area contributed by atoms with Crippen molar-refractivity contribution in [3.63, 3.8) is 0 Å². The third-order valence-corrected chi connectivity index (χ3v) is 7.60. The van der Waals surface area contributed by atoms with Crippen LogP contribution >= 0.6 is 34.9 Å². The number of unbranched alkanes of at least 4 members (excludes halogenated alkanes) is 1. The summed E-state index contributed by atoms with van der Waals surface area (Å²) in [5.74, 6) is 0.0912. The van der Waals surface area contributed by atoms with Crippen molar-refractivity contribution in [1.82, 2.24) is 9.97 Å². The molecule has 8 heteroatoms. The number of rotatable bonds is 9. The van der Waals surface area contributed by atoms with E-state index in [1.807, 2.05) is 29.3 Å². The van der Waals surface area contributed by atoms with Crippen LogP contribution in [0.4, 0.5) is 0 Å². The van der Waals surface area contributed by atoms with Gasteiger partial charge in [0.1, 0.15) is 21.8 Å². The van der Waals surface area contributed by atoms with Crippen molar-refractivity contribution < 1.29 is 9.90 Å². The summed E-state index contributed by atoms with van der Waals surface area (Å²) in [5.41, 5.74) is 3.45. The minimum Gasteiger partial charge on any atom is -0.478 e. The third kappa shape index (κ3) is 5.04. The first-order valence-electron chi connectivity index (χ1n) is 9.45. The van der Waals surface area contributed by atoms with Crippen LogP contribution in [0, 0.1) is 18.3 Å². The van der Waals surface area contributed by atoms with Crippen LogP contribution in [0.3, 0.4) is 0 Å². The van der Waals surface area contributed by atoms with E-state index in [2.05, 4.69) is 18.0 Å². The van der Waals surface area contributed by atoms with E-state index in [0.717, 1.165) is 34.3 Å². The van der Waals surface area contributed by atoms with Crippen LogP contribution in [-0.4, -0.2) is 31.9 Å². The maximum atomic E-state index is 11.6. The van der Waals surface area contributed by atoms with Gasteiger partial charge in [0.25, 0.3) is 0 Å². The van der Waals surface area contributed by atoms with E-state index in [9.17, 15) is 15.2 Å². The summed E-state index contributed by atoms with van der Waals surface area (Å²) in [6.45, 7) is 3.94. The molecule has 0 fully saturated rings. The number of thioether (sulfide) groups is 2. The Morgan fingerprint density at radius 3 is 2.83 bits per heavy atom. The zero-order valence-corrected chi connectivity index (χ0v) is 19.2. The van der Waals surface area contributed by atoms with Gasteiger partial charge in [0.15, 0.2) is 0 Å². The molecule has 2 aromatic heterocycles. The van der Waals surface area contributed by atoms with E-state index in [1.54, 1.807) is 37.0 Å². The second-order valence-corrected chi connectivity index (χ2v) is 9.82. The highest BCUT2D eigenvalue weighted by Gasteiger charge is 2.20. The first-order chi connectivity index (χ1) is 14.6. The molecule has 154 valence electrons. The lowest BCUT2D eigenvalue weighted by atomic mass is 9.94. The smallest absolute Gasteiger partial charge is 0.335 e. The average Bonchev–Trinajstić information content (AvgIpc) is 3.28. The van der Waals surface area contributed by atoms with Crippen LogP contribution in [-0.2, 0) is 0 Å². The molecule has 0 aliphatic heterocycles. The van der Waals surface area contributed by atoms with Crippen molar-refractivity contribution in [3.05, 3.63) is 52.5 Å². The number of carboxylic acids is 1. The minimum atomic E-state index is -0.982. The molecule has 2 heterocycles. The standard InChI is InChI=1S/C22H21N3O2S3/c1-3-4-9-28-13-30-20-18(12-23)17(11-19(25-20)21-24-8-10-29-21)15-6-5-7-16(14(15)2)22(26)27/h5-8,10-11H,3-4,9,13H2,1-2H3,(H,26,27). The summed E-state index contributed by atoms with van der Waals surface area (Å²) in [5, 5.41) is 23.6. The van der Waals surface area contributed by atoms with Gasteiger partial charge >= 0.3 is 5.97 Å². The van der Waals surface area contributed by atoms with Crippen molar-refractivity contribution in [2.75, 3.05) is 10.8 Å². The first kappa shape index (κ1) is 22.3. The first-order valence-corrected chi connectivity index (χ1v) is 12.5. The van der Waals surface area contributed by atoms with E-state index in [0.29, 0.717) is 27.4 Å². The molecule has 0 aliphatic carbocycles. The molecule has 0 saturated carbocycles. The molecular weight excluding hydrogens is 434 g/mol. The number of nitrogens with zero attached hydrogens (tertiary/aromatic N) is 3. The Morgan fingerprint density at radius 2 is 2.17 bits per heavy atom. The molecule has 0 saturated heterocycles. The zero-order chi connectivity index (χ0) is 21.5. The van der Waals surface area contributed by atoms with Gasteiger partial charge < -0.3 is 5.11 Å². The average molecular weight is 456 g/mol. The van der Waals surface area contributed by atoms with Crippen LogP contribution in [0.2, 0.25) is 0 Å². The van der Waals surface area contributed by atoms with Crippen molar-refractivity contribution in [1.29, 1.82) is 5.26 Å². The molecular formula is C22H21N3O2S3. The molecule has 3 rings (SSSR count). The molecule has 0 spiro atoms. The van der Waals surface area contributed by atoms with Crippen molar-refractivity contribution in [2.45, 2.75) is 31.7 Å². The summed E-state index contributed by atoms with van der Waals surface area (Å²) in [7, 11) is 0. The van der Waals surface area contributed by atoms with Crippen LogP contribution in [0.25, 0.3) is 21.8 Å². The number of nitriles is 1. The number of carboxylic acid groups (broad SMARTS) is 1. The Morgan fingerprint density at radius 1 is 1.33 bits per heavy atom. The zero-order valence-electron chi connectivity index (χ0n) is 16.7. The number of hydrogen-bond acceptors (Lipinski definition) is 7. The second-order valence-electron chi connectivity index (χ2n) is 6.49. The van der Waals surface area contributed by atoms with Gasteiger partial charge in [-0.2, -0.15) is 17.0 Å². The second kappa shape index (κ2) is 10.6. The van der Waals surface area contributed by atoms with Gasteiger partial charge in [-0.3, -0.25) is 0 Å². The highest BCUT2D eigenvalue weighted by atomic mass is 32.2. The Hall–Kier alpha value is -2.34. The van der Waals surface area contributed by atoms with E-state index < -0.39 is 5.97 Å². The van der Waals surface area contributed by atoms with Gasteiger partial charge in [-0.05, 0) is 42.4 Å².